The lowest BCUT2D eigenvalue weighted by molar-refractivity contribution is 0.146. The van der Waals surface area contributed by atoms with Crippen molar-refractivity contribution in [2.75, 3.05) is 0 Å². The van der Waals surface area contributed by atoms with Gasteiger partial charge in [-0.25, -0.2) is 9.52 Å². The first kappa shape index (κ1) is 11.7. The highest BCUT2D eigenvalue weighted by Gasteiger charge is 2.11. The Labute approximate surface area is 90.8 Å². The second-order valence-corrected chi connectivity index (χ2v) is 4.78. The van der Waals surface area contributed by atoms with Crippen molar-refractivity contribution in [1.29, 1.82) is 0 Å². The molecule has 0 saturated heterocycles. The summed E-state index contributed by atoms with van der Waals surface area (Å²) in [6, 6.07) is 3.34. The van der Waals surface area contributed by atoms with Crippen molar-refractivity contribution in [2.24, 2.45) is 0 Å². The summed E-state index contributed by atoms with van der Waals surface area (Å²) in [5.41, 5.74) is 0.639. The number of halogens is 1. The number of nitrogens with zero attached hydrogens (tertiary/aromatic N) is 1. The molecule has 82 valence electrons. The van der Waals surface area contributed by atoms with Crippen molar-refractivity contribution in [3.05, 3.63) is 30.1 Å². The van der Waals surface area contributed by atoms with Crippen molar-refractivity contribution in [3.8, 4) is 0 Å². The minimum atomic E-state index is -4.10. The maximum atomic E-state index is 10.8. The van der Waals surface area contributed by atoms with E-state index < -0.39 is 15.3 Å². The Balaban J connectivity index is 2.42. The average molecular weight is 251 g/mol. The predicted molar refractivity (Wildman–Crippen MR) is 52.3 cm³/mol. The molecule has 1 amide bonds. The standard InChI is InChI=1S/C7H7ClN2O4S/c8-15(12,13)10-7(11)14-5-6-2-1-3-9-4-6/h1-4H,5H2,(H,10,11). The van der Waals surface area contributed by atoms with Crippen molar-refractivity contribution < 1.29 is 17.9 Å². The van der Waals surface area contributed by atoms with E-state index in [0.717, 1.165) is 0 Å². The molecule has 0 aliphatic rings. The van der Waals surface area contributed by atoms with E-state index in [4.69, 9.17) is 10.7 Å². The summed E-state index contributed by atoms with van der Waals surface area (Å²) in [7, 11) is 0.662. The number of carbonyl (C=O) groups excluding carboxylic acids is 1. The second-order valence-electron chi connectivity index (χ2n) is 2.48. The van der Waals surface area contributed by atoms with Gasteiger partial charge in [-0.1, -0.05) is 6.07 Å². The molecular formula is C7H7ClN2O4S. The van der Waals surface area contributed by atoms with Crippen LogP contribution in [0, 0.1) is 0 Å². The molecule has 1 rings (SSSR count). The molecule has 1 N–H and O–H groups in total. The Bertz CT molecular complexity index is 434. The van der Waals surface area contributed by atoms with E-state index in [1.54, 1.807) is 18.3 Å². The fourth-order valence-electron chi connectivity index (χ4n) is 0.761. The summed E-state index contributed by atoms with van der Waals surface area (Å²) >= 11 is 0. The molecule has 1 heterocycles. The van der Waals surface area contributed by atoms with Crippen LogP contribution >= 0.6 is 10.7 Å². The van der Waals surface area contributed by atoms with Crippen molar-refractivity contribution in [2.45, 2.75) is 6.61 Å². The highest BCUT2D eigenvalue weighted by molar-refractivity contribution is 8.12. The van der Waals surface area contributed by atoms with Crippen molar-refractivity contribution in [3.63, 3.8) is 0 Å². The Kier molecular flexibility index (Phi) is 3.87. The number of nitrogens with one attached hydrogen (secondary N) is 1. The van der Waals surface area contributed by atoms with Crippen molar-refractivity contribution >= 4 is 26.0 Å². The van der Waals surface area contributed by atoms with Crippen LogP contribution < -0.4 is 4.72 Å². The van der Waals surface area contributed by atoms with Gasteiger partial charge in [-0.15, -0.1) is 0 Å². The Morgan fingerprint density at radius 3 is 2.87 bits per heavy atom. The molecule has 0 unspecified atom stereocenters. The number of hydrogen-bond donors (Lipinski definition) is 1. The lowest BCUT2D eigenvalue weighted by atomic mass is 10.3. The molecule has 15 heavy (non-hydrogen) atoms. The third-order valence-corrected chi connectivity index (χ3v) is 1.94. The Morgan fingerprint density at radius 2 is 2.33 bits per heavy atom. The zero-order valence-corrected chi connectivity index (χ0v) is 8.96. The summed E-state index contributed by atoms with van der Waals surface area (Å²) in [6.07, 6.45) is 1.92. The molecule has 6 nitrogen and oxygen atoms in total. The SMILES string of the molecule is O=C(NS(=O)(=O)Cl)OCc1cccnc1. The predicted octanol–water partition coefficient (Wildman–Crippen LogP) is 0.791. The number of rotatable bonds is 3. The third kappa shape index (κ3) is 5.18. The van der Waals surface area contributed by atoms with Crippen LogP contribution in [0.5, 0.6) is 0 Å². The highest BCUT2D eigenvalue weighted by atomic mass is 35.7. The Morgan fingerprint density at radius 1 is 1.60 bits per heavy atom. The minimum absolute atomic E-state index is 0.0773. The molecule has 0 spiro atoms. The molecule has 1 aromatic rings. The van der Waals surface area contributed by atoms with Gasteiger partial charge in [0.1, 0.15) is 6.61 Å². The quantitative estimate of drug-likeness (QED) is 0.802. The van der Waals surface area contributed by atoms with Gasteiger partial charge in [0, 0.05) is 28.6 Å². The van der Waals surface area contributed by atoms with Crippen LogP contribution in [0.4, 0.5) is 4.79 Å². The van der Waals surface area contributed by atoms with E-state index in [9.17, 15) is 13.2 Å². The second kappa shape index (κ2) is 4.94. The fraction of sp³-hybridized carbons (Fsp3) is 0.143. The van der Waals surface area contributed by atoms with Crippen LogP contribution in [-0.2, 0) is 20.6 Å². The van der Waals surface area contributed by atoms with E-state index in [1.165, 1.54) is 10.9 Å². The van der Waals surface area contributed by atoms with Gasteiger partial charge in [0.25, 0.3) is 0 Å². The molecule has 0 aliphatic heterocycles. The normalized spacial score (nSPS) is 10.7. The third-order valence-electron chi connectivity index (χ3n) is 1.30. The summed E-state index contributed by atoms with van der Waals surface area (Å²) in [4.78, 5) is 14.6. The van der Waals surface area contributed by atoms with Gasteiger partial charge in [-0.3, -0.25) is 4.98 Å². The number of aromatic nitrogens is 1. The lowest BCUT2D eigenvalue weighted by Crippen LogP contribution is -2.27. The maximum absolute atomic E-state index is 10.8. The monoisotopic (exact) mass is 250 g/mol. The summed E-state index contributed by atoms with van der Waals surface area (Å²) in [6.45, 7) is -0.0773. The van der Waals surface area contributed by atoms with E-state index in [0.29, 0.717) is 5.56 Å². The zero-order chi connectivity index (χ0) is 11.3. The summed E-state index contributed by atoms with van der Waals surface area (Å²) in [5.74, 6) is 0. The molecule has 8 heteroatoms. The van der Waals surface area contributed by atoms with Gasteiger partial charge in [-0.05, 0) is 6.07 Å². The first-order chi connectivity index (χ1) is 6.97. The van der Waals surface area contributed by atoms with Gasteiger partial charge in [0.2, 0.25) is 0 Å². The molecular weight excluding hydrogens is 244 g/mol. The highest BCUT2D eigenvalue weighted by Crippen LogP contribution is 1.99. The first-order valence-corrected chi connectivity index (χ1v) is 6.06. The fourth-order valence-corrected chi connectivity index (χ4v) is 1.21. The maximum Gasteiger partial charge on any atom is 0.422 e. The number of ether oxygens (including phenoxy) is 1. The molecule has 0 atom stereocenters. The number of carbonyl (C=O) groups is 1. The lowest BCUT2D eigenvalue weighted by Gasteiger charge is -2.03. The van der Waals surface area contributed by atoms with Gasteiger partial charge in [0.05, 0.1) is 0 Å². The summed E-state index contributed by atoms with van der Waals surface area (Å²) in [5, 5.41) is 0. The van der Waals surface area contributed by atoms with Crippen LogP contribution in [0.3, 0.4) is 0 Å². The Hall–Kier alpha value is -1.34. The molecule has 0 aliphatic carbocycles. The first-order valence-electron chi connectivity index (χ1n) is 3.75. The van der Waals surface area contributed by atoms with Crippen LogP contribution in [-0.4, -0.2) is 19.5 Å². The molecule has 0 fully saturated rings. The van der Waals surface area contributed by atoms with E-state index in [-0.39, 0.29) is 6.61 Å². The van der Waals surface area contributed by atoms with E-state index >= 15 is 0 Å². The van der Waals surface area contributed by atoms with Crippen LogP contribution in [0.15, 0.2) is 24.5 Å². The van der Waals surface area contributed by atoms with Gasteiger partial charge >= 0.3 is 15.3 Å². The summed E-state index contributed by atoms with van der Waals surface area (Å²) < 4.78 is 26.8. The van der Waals surface area contributed by atoms with Gasteiger partial charge in [-0.2, -0.15) is 8.42 Å². The minimum Gasteiger partial charge on any atom is -0.444 e. The number of pyridine rings is 1. The smallest absolute Gasteiger partial charge is 0.422 e. The van der Waals surface area contributed by atoms with Crippen LogP contribution in [0.25, 0.3) is 0 Å². The van der Waals surface area contributed by atoms with Crippen LogP contribution in [0.1, 0.15) is 5.56 Å². The average Bonchev–Trinajstić information content (AvgIpc) is 2.14. The molecule has 0 aromatic carbocycles. The molecule has 1 aromatic heterocycles. The largest absolute Gasteiger partial charge is 0.444 e. The van der Waals surface area contributed by atoms with E-state index in [1.807, 2.05) is 0 Å². The molecule has 0 saturated carbocycles. The van der Waals surface area contributed by atoms with Gasteiger partial charge < -0.3 is 4.74 Å². The topological polar surface area (TPSA) is 85.4 Å². The van der Waals surface area contributed by atoms with Crippen LogP contribution in [0.2, 0.25) is 0 Å². The zero-order valence-electron chi connectivity index (χ0n) is 7.38. The molecule has 0 bridgehead atoms. The van der Waals surface area contributed by atoms with Gasteiger partial charge in [0.15, 0.2) is 0 Å². The molecule has 0 radical (unpaired) electrons. The number of amides is 1. The van der Waals surface area contributed by atoms with E-state index in [2.05, 4.69) is 9.72 Å². The van der Waals surface area contributed by atoms with Crippen molar-refractivity contribution in [1.82, 2.24) is 9.71 Å². The number of hydrogen-bond acceptors (Lipinski definition) is 5.